The minimum atomic E-state index is -0.463. The molecule has 0 aromatic heterocycles. The van der Waals surface area contributed by atoms with Crippen LogP contribution in [0.3, 0.4) is 0 Å². The van der Waals surface area contributed by atoms with Crippen LogP contribution in [0.2, 0.25) is 0 Å². The molecule has 1 amide bonds. The van der Waals surface area contributed by atoms with Gasteiger partial charge in [-0.2, -0.15) is 5.10 Å². The summed E-state index contributed by atoms with van der Waals surface area (Å²) in [6.07, 6.45) is 1.47. The number of amides is 1. The van der Waals surface area contributed by atoms with E-state index in [1.165, 1.54) is 39.7 Å². The summed E-state index contributed by atoms with van der Waals surface area (Å²) in [5.74, 6) is 0.581. The molecular weight excluding hydrogens is 492 g/mol. The monoisotopic (exact) mass is 512 g/mol. The molecule has 0 unspecified atom stereocenters. The van der Waals surface area contributed by atoms with E-state index < -0.39 is 11.9 Å². The van der Waals surface area contributed by atoms with E-state index >= 15 is 0 Å². The second-order valence-electron chi connectivity index (χ2n) is 6.58. The van der Waals surface area contributed by atoms with Gasteiger partial charge in [0.1, 0.15) is 5.75 Å². The van der Waals surface area contributed by atoms with E-state index in [0.29, 0.717) is 34.1 Å². The number of esters is 1. The topological polar surface area (TPSA) is 95.5 Å². The molecule has 0 radical (unpaired) electrons. The number of nitrogens with one attached hydrogen (secondary N) is 1. The summed E-state index contributed by atoms with van der Waals surface area (Å²) in [5, 5.41) is 3.97. The summed E-state index contributed by atoms with van der Waals surface area (Å²) in [5.41, 5.74) is 3.87. The van der Waals surface area contributed by atoms with Crippen molar-refractivity contribution >= 4 is 34.0 Å². The number of ether oxygens (including phenoxy) is 4. The number of methoxy groups -OCH3 is 3. The lowest BCUT2D eigenvalue weighted by Crippen LogP contribution is -2.18. The Labute approximate surface area is 199 Å². The van der Waals surface area contributed by atoms with Crippen LogP contribution in [0.15, 0.2) is 70.2 Å². The molecule has 0 saturated heterocycles. The van der Waals surface area contributed by atoms with E-state index in [9.17, 15) is 9.59 Å². The number of rotatable bonds is 8. The van der Waals surface area contributed by atoms with E-state index in [1.54, 1.807) is 42.5 Å². The largest absolute Gasteiger partial charge is 0.493 e. The van der Waals surface area contributed by atoms with E-state index in [-0.39, 0.29) is 5.56 Å². The van der Waals surface area contributed by atoms with Gasteiger partial charge < -0.3 is 18.9 Å². The Hall–Kier alpha value is -3.85. The molecule has 33 heavy (non-hydrogen) atoms. The van der Waals surface area contributed by atoms with Crippen LogP contribution >= 0.6 is 15.9 Å². The SMILES string of the molecule is COc1cc(C(=O)N/N=C/c2ccc(OC(=O)c3cccc(Br)c3)cc2)cc(OC)c1OC. The minimum Gasteiger partial charge on any atom is -0.493 e. The molecule has 3 aromatic rings. The number of hydrogen-bond acceptors (Lipinski definition) is 7. The Morgan fingerprint density at radius 3 is 2.12 bits per heavy atom. The first-order valence-electron chi connectivity index (χ1n) is 9.66. The molecule has 0 spiro atoms. The zero-order valence-corrected chi connectivity index (χ0v) is 19.7. The fourth-order valence-electron chi connectivity index (χ4n) is 2.85. The summed E-state index contributed by atoms with van der Waals surface area (Å²) in [6.45, 7) is 0. The second kappa shape index (κ2) is 11.1. The van der Waals surface area contributed by atoms with Crippen molar-refractivity contribution in [2.45, 2.75) is 0 Å². The molecule has 3 aromatic carbocycles. The Bertz CT molecular complexity index is 1150. The molecule has 170 valence electrons. The lowest BCUT2D eigenvalue weighted by Gasteiger charge is -2.13. The molecule has 3 rings (SSSR count). The smallest absolute Gasteiger partial charge is 0.343 e. The van der Waals surface area contributed by atoms with Gasteiger partial charge in [-0.25, -0.2) is 10.2 Å². The van der Waals surface area contributed by atoms with Gasteiger partial charge in [0.15, 0.2) is 11.5 Å². The van der Waals surface area contributed by atoms with E-state index in [1.807, 2.05) is 6.07 Å². The van der Waals surface area contributed by atoms with Gasteiger partial charge in [0.25, 0.3) is 5.91 Å². The van der Waals surface area contributed by atoms with Gasteiger partial charge in [0.2, 0.25) is 5.75 Å². The Morgan fingerprint density at radius 1 is 0.879 bits per heavy atom. The summed E-state index contributed by atoms with van der Waals surface area (Å²) >= 11 is 3.32. The van der Waals surface area contributed by atoms with Gasteiger partial charge in [0.05, 0.1) is 33.1 Å². The quantitative estimate of drug-likeness (QED) is 0.207. The van der Waals surface area contributed by atoms with Crippen LogP contribution in [0.1, 0.15) is 26.3 Å². The van der Waals surface area contributed by atoms with Crippen molar-refractivity contribution in [3.63, 3.8) is 0 Å². The first kappa shape index (κ1) is 23.8. The van der Waals surface area contributed by atoms with Crippen LogP contribution in [-0.2, 0) is 0 Å². The fraction of sp³-hybridized carbons (Fsp3) is 0.125. The number of hydrogen-bond donors (Lipinski definition) is 1. The Balaban J connectivity index is 1.62. The second-order valence-corrected chi connectivity index (χ2v) is 7.50. The van der Waals surface area contributed by atoms with E-state index in [0.717, 1.165) is 4.47 Å². The third-order valence-corrected chi connectivity index (χ3v) is 4.95. The zero-order valence-electron chi connectivity index (χ0n) is 18.1. The molecule has 0 aliphatic heterocycles. The van der Waals surface area contributed by atoms with Crippen molar-refractivity contribution in [1.82, 2.24) is 5.43 Å². The van der Waals surface area contributed by atoms with E-state index in [2.05, 4.69) is 26.5 Å². The first-order valence-corrected chi connectivity index (χ1v) is 10.5. The van der Waals surface area contributed by atoms with Crippen LogP contribution in [0.4, 0.5) is 0 Å². The number of carbonyl (C=O) groups is 2. The highest BCUT2D eigenvalue weighted by Gasteiger charge is 2.16. The predicted octanol–water partition coefficient (Wildman–Crippen LogP) is 4.46. The molecule has 1 N–H and O–H groups in total. The summed E-state index contributed by atoms with van der Waals surface area (Å²) in [7, 11) is 4.42. The lowest BCUT2D eigenvalue weighted by atomic mass is 10.1. The van der Waals surface area contributed by atoms with E-state index in [4.69, 9.17) is 18.9 Å². The zero-order chi connectivity index (χ0) is 23.8. The fourth-order valence-corrected chi connectivity index (χ4v) is 3.24. The minimum absolute atomic E-state index is 0.288. The molecule has 9 heteroatoms. The van der Waals surface area contributed by atoms with Crippen LogP contribution in [0, 0.1) is 0 Å². The summed E-state index contributed by atoms with van der Waals surface area (Å²) < 4.78 is 21.9. The normalized spacial score (nSPS) is 10.5. The average Bonchev–Trinajstić information content (AvgIpc) is 2.83. The lowest BCUT2D eigenvalue weighted by molar-refractivity contribution is 0.0734. The number of hydrazone groups is 1. The molecule has 0 aliphatic carbocycles. The van der Waals surface area contributed by atoms with Gasteiger partial charge in [-0.3, -0.25) is 4.79 Å². The van der Waals surface area contributed by atoms with Crippen LogP contribution in [0.5, 0.6) is 23.0 Å². The number of halogens is 1. The van der Waals surface area contributed by atoms with Crippen molar-refractivity contribution in [3.8, 4) is 23.0 Å². The van der Waals surface area contributed by atoms with Gasteiger partial charge in [0, 0.05) is 10.0 Å². The maximum atomic E-state index is 12.5. The van der Waals surface area contributed by atoms with Crippen molar-refractivity contribution in [3.05, 3.63) is 81.8 Å². The highest BCUT2D eigenvalue weighted by molar-refractivity contribution is 9.10. The highest BCUT2D eigenvalue weighted by Crippen LogP contribution is 2.38. The standard InChI is InChI=1S/C24H21BrN2O6/c1-30-20-12-17(13-21(31-2)22(20)32-3)23(28)27-26-14-15-7-9-19(10-8-15)33-24(29)16-5-4-6-18(25)11-16/h4-14H,1-3H3,(H,27,28)/b26-14+. The Morgan fingerprint density at radius 2 is 1.55 bits per heavy atom. The maximum Gasteiger partial charge on any atom is 0.343 e. The van der Waals surface area contributed by atoms with Crippen LogP contribution in [-0.4, -0.2) is 39.4 Å². The van der Waals surface area contributed by atoms with Crippen molar-refractivity contribution in [2.24, 2.45) is 5.10 Å². The van der Waals surface area contributed by atoms with Crippen molar-refractivity contribution in [1.29, 1.82) is 0 Å². The molecule has 0 heterocycles. The van der Waals surface area contributed by atoms with Gasteiger partial charge in [-0.15, -0.1) is 0 Å². The molecule has 8 nitrogen and oxygen atoms in total. The molecule has 0 bridgehead atoms. The van der Waals surface area contributed by atoms with Crippen molar-refractivity contribution in [2.75, 3.05) is 21.3 Å². The number of nitrogens with zero attached hydrogens (tertiary/aromatic N) is 1. The van der Waals surface area contributed by atoms with Gasteiger partial charge >= 0.3 is 5.97 Å². The highest BCUT2D eigenvalue weighted by atomic mass is 79.9. The molecular formula is C24H21BrN2O6. The number of carbonyl (C=O) groups excluding carboxylic acids is 2. The predicted molar refractivity (Wildman–Crippen MR) is 127 cm³/mol. The summed E-state index contributed by atoms with van der Waals surface area (Å²) in [6, 6.07) is 16.7. The molecule has 0 aliphatic rings. The Kier molecular flexibility index (Phi) is 8.04. The molecule has 0 saturated carbocycles. The third kappa shape index (κ3) is 6.11. The summed E-state index contributed by atoms with van der Waals surface area (Å²) in [4.78, 5) is 24.7. The molecule has 0 fully saturated rings. The maximum absolute atomic E-state index is 12.5. The van der Waals surface area contributed by atoms with Gasteiger partial charge in [-0.1, -0.05) is 22.0 Å². The number of benzene rings is 3. The van der Waals surface area contributed by atoms with Crippen molar-refractivity contribution < 1.29 is 28.5 Å². The van der Waals surface area contributed by atoms with Gasteiger partial charge in [-0.05, 0) is 60.2 Å². The average molecular weight is 513 g/mol. The molecule has 0 atom stereocenters. The van der Waals surface area contributed by atoms with Crippen LogP contribution < -0.4 is 24.4 Å². The first-order chi connectivity index (χ1) is 15.9. The third-order valence-electron chi connectivity index (χ3n) is 4.46. The van der Waals surface area contributed by atoms with Crippen LogP contribution in [0.25, 0.3) is 0 Å².